The van der Waals surface area contributed by atoms with Crippen LogP contribution < -0.4 is 0 Å². The van der Waals surface area contributed by atoms with Crippen LogP contribution in [0.1, 0.15) is 6.92 Å². The number of carboxylic acid groups (broad SMARTS) is 1. The molecule has 0 aliphatic heterocycles. The van der Waals surface area contributed by atoms with Gasteiger partial charge in [0, 0.05) is 0 Å². The number of rotatable bonds is 1. The standard InChI is InChI=1S/C8H10O4/c1-4-2-3-5(8(11)12)7(10)6(4)9/h2-3,6-7,9-10H,1H3,(H,11,12)/t6-,7+/m0/s1. The molecule has 3 N–H and O–H groups in total. The van der Waals surface area contributed by atoms with Crippen LogP contribution in [0, 0.1) is 0 Å². The van der Waals surface area contributed by atoms with Crippen molar-refractivity contribution in [3.63, 3.8) is 0 Å². The van der Waals surface area contributed by atoms with E-state index in [9.17, 15) is 15.0 Å². The Morgan fingerprint density at radius 2 is 1.92 bits per heavy atom. The highest BCUT2D eigenvalue weighted by molar-refractivity contribution is 5.88. The van der Waals surface area contributed by atoms with Crippen molar-refractivity contribution in [1.29, 1.82) is 0 Å². The van der Waals surface area contributed by atoms with E-state index in [1.807, 2.05) is 0 Å². The minimum absolute atomic E-state index is 0.173. The molecule has 4 heteroatoms. The average Bonchev–Trinajstić information content (AvgIpc) is 2.00. The molecular formula is C8H10O4. The van der Waals surface area contributed by atoms with Gasteiger partial charge in [-0.15, -0.1) is 0 Å². The molecule has 0 saturated heterocycles. The molecule has 0 spiro atoms. The van der Waals surface area contributed by atoms with E-state index in [1.54, 1.807) is 6.92 Å². The first-order chi connectivity index (χ1) is 5.54. The van der Waals surface area contributed by atoms with Crippen molar-refractivity contribution in [3.05, 3.63) is 23.3 Å². The third-order valence-electron chi connectivity index (χ3n) is 1.86. The second kappa shape index (κ2) is 3.08. The Morgan fingerprint density at radius 3 is 2.42 bits per heavy atom. The van der Waals surface area contributed by atoms with Gasteiger partial charge < -0.3 is 15.3 Å². The molecule has 0 radical (unpaired) electrons. The van der Waals surface area contributed by atoms with Crippen LogP contribution >= 0.6 is 0 Å². The highest BCUT2D eigenvalue weighted by Gasteiger charge is 2.28. The van der Waals surface area contributed by atoms with Crippen molar-refractivity contribution in [3.8, 4) is 0 Å². The normalized spacial score (nSPS) is 29.2. The molecule has 1 aliphatic rings. The van der Waals surface area contributed by atoms with E-state index in [0.717, 1.165) is 0 Å². The van der Waals surface area contributed by atoms with Gasteiger partial charge in [0.15, 0.2) is 0 Å². The first-order valence-electron chi connectivity index (χ1n) is 3.52. The fourth-order valence-corrected chi connectivity index (χ4v) is 1.04. The van der Waals surface area contributed by atoms with Crippen molar-refractivity contribution in [2.24, 2.45) is 0 Å². The first kappa shape index (κ1) is 8.96. The fourth-order valence-electron chi connectivity index (χ4n) is 1.04. The zero-order valence-corrected chi connectivity index (χ0v) is 6.56. The van der Waals surface area contributed by atoms with Crippen LogP contribution in [0.25, 0.3) is 0 Å². The van der Waals surface area contributed by atoms with Gasteiger partial charge in [-0.3, -0.25) is 0 Å². The number of carbonyl (C=O) groups is 1. The Bertz CT molecular complexity index is 264. The van der Waals surface area contributed by atoms with Gasteiger partial charge in [0.05, 0.1) is 5.57 Å². The molecule has 0 aromatic carbocycles. The van der Waals surface area contributed by atoms with Crippen LogP contribution in [0.3, 0.4) is 0 Å². The number of hydrogen-bond acceptors (Lipinski definition) is 3. The number of allylic oxidation sites excluding steroid dienone is 2. The summed E-state index contributed by atoms with van der Waals surface area (Å²) >= 11 is 0. The van der Waals surface area contributed by atoms with Gasteiger partial charge in [-0.05, 0) is 18.6 Å². The molecule has 2 atom stereocenters. The predicted octanol–water partition coefficient (Wildman–Crippen LogP) is -0.321. The van der Waals surface area contributed by atoms with Crippen molar-refractivity contribution in [1.82, 2.24) is 0 Å². The average molecular weight is 170 g/mol. The molecule has 0 aromatic rings. The van der Waals surface area contributed by atoms with Crippen LogP contribution in [0.4, 0.5) is 0 Å². The van der Waals surface area contributed by atoms with Crippen LogP contribution in [-0.2, 0) is 4.79 Å². The third kappa shape index (κ3) is 1.39. The van der Waals surface area contributed by atoms with Crippen LogP contribution in [0.2, 0.25) is 0 Å². The van der Waals surface area contributed by atoms with Gasteiger partial charge in [0.1, 0.15) is 12.2 Å². The summed E-state index contributed by atoms with van der Waals surface area (Å²) in [5.41, 5.74) is 0.389. The predicted molar refractivity (Wildman–Crippen MR) is 41.5 cm³/mol. The molecule has 0 aromatic heterocycles. The number of aliphatic hydroxyl groups excluding tert-OH is 2. The van der Waals surface area contributed by atoms with Gasteiger partial charge in [-0.1, -0.05) is 6.08 Å². The largest absolute Gasteiger partial charge is 0.478 e. The molecule has 0 amide bonds. The maximum atomic E-state index is 10.4. The van der Waals surface area contributed by atoms with Gasteiger partial charge in [0.25, 0.3) is 0 Å². The van der Waals surface area contributed by atoms with E-state index in [4.69, 9.17) is 5.11 Å². The summed E-state index contributed by atoms with van der Waals surface area (Å²) in [4.78, 5) is 10.4. The molecule has 0 heterocycles. The molecule has 66 valence electrons. The number of hydrogen-bond donors (Lipinski definition) is 3. The van der Waals surface area contributed by atoms with Gasteiger partial charge in [-0.2, -0.15) is 0 Å². The smallest absolute Gasteiger partial charge is 0.334 e. The minimum Gasteiger partial charge on any atom is -0.478 e. The van der Waals surface area contributed by atoms with Gasteiger partial charge >= 0.3 is 5.97 Å². The zero-order valence-electron chi connectivity index (χ0n) is 6.56. The third-order valence-corrected chi connectivity index (χ3v) is 1.86. The molecule has 4 nitrogen and oxygen atoms in total. The van der Waals surface area contributed by atoms with E-state index in [2.05, 4.69) is 0 Å². The van der Waals surface area contributed by atoms with E-state index in [-0.39, 0.29) is 5.57 Å². The number of aliphatic hydroxyl groups is 2. The monoisotopic (exact) mass is 170 g/mol. The van der Waals surface area contributed by atoms with Crippen LogP contribution in [-0.4, -0.2) is 33.5 Å². The maximum absolute atomic E-state index is 10.4. The minimum atomic E-state index is -1.31. The summed E-state index contributed by atoms with van der Waals surface area (Å²) in [5, 5.41) is 27.0. The van der Waals surface area contributed by atoms with Gasteiger partial charge in [-0.25, -0.2) is 4.79 Å². The Hall–Kier alpha value is -1.13. The lowest BCUT2D eigenvalue weighted by Gasteiger charge is -2.22. The lowest BCUT2D eigenvalue weighted by molar-refractivity contribution is -0.134. The Kier molecular flexibility index (Phi) is 2.30. The maximum Gasteiger partial charge on any atom is 0.334 e. The van der Waals surface area contributed by atoms with E-state index in [0.29, 0.717) is 5.57 Å². The van der Waals surface area contributed by atoms with Crippen LogP contribution in [0.5, 0.6) is 0 Å². The van der Waals surface area contributed by atoms with Crippen molar-refractivity contribution in [2.45, 2.75) is 19.1 Å². The molecule has 0 fully saturated rings. The lowest BCUT2D eigenvalue weighted by Crippen LogP contribution is -2.33. The summed E-state index contributed by atoms with van der Waals surface area (Å²) < 4.78 is 0. The highest BCUT2D eigenvalue weighted by Crippen LogP contribution is 2.19. The van der Waals surface area contributed by atoms with Crippen molar-refractivity contribution in [2.75, 3.05) is 0 Å². The second-order valence-corrected chi connectivity index (χ2v) is 2.73. The Balaban J connectivity index is 2.97. The molecular weight excluding hydrogens is 160 g/mol. The van der Waals surface area contributed by atoms with Gasteiger partial charge in [0.2, 0.25) is 0 Å². The summed E-state index contributed by atoms with van der Waals surface area (Å²) in [6, 6.07) is 0. The molecule has 0 unspecified atom stereocenters. The van der Waals surface area contributed by atoms with Crippen molar-refractivity contribution >= 4 is 5.97 Å². The summed E-state index contributed by atoms with van der Waals surface area (Å²) in [5.74, 6) is -1.20. The number of carboxylic acids is 1. The second-order valence-electron chi connectivity index (χ2n) is 2.73. The van der Waals surface area contributed by atoms with E-state index < -0.39 is 18.2 Å². The quantitative estimate of drug-likeness (QED) is 0.504. The van der Waals surface area contributed by atoms with Crippen LogP contribution in [0.15, 0.2) is 23.3 Å². The molecule has 1 rings (SSSR count). The van der Waals surface area contributed by atoms with E-state index in [1.165, 1.54) is 12.2 Å². The van der Waals surface area contributed by atoms with E-state index >= 15 is 0 Å². The Morgan fingerprint density at radius 1 is 1.33 bits per heavy atom. The number of aliphatic carboxylic acids is 1. The first-order valence-corrected chi connectivity index (χ1v) is 3.52. The SMILES string of the molecule is CC1=CC=C(C(=O)O)[C@@H](O)[C@H]1O. The topological polar surface area (TPSA) is 77.8 Å². The van der Waals surface area contributed by atoms with Crippen molar-refractivity contribution < 1.29 is 20.1 Å². The fraction of sp³-hybridized carbons (Fsp3) is 0.375. The highest BCUT2D eigenvalue weighted by atomic mass is 16.4. The molecule has 1 aliphatic carbocycles. The molecule has 0 bridgehead atoms. The summed E-state index contributed by atoms with van der Waals surface area (Å²) in [6.07, 6.45) is 0.379. The molecule has 12 heavy (non-hydrogen) atoms. The summed E-state index contributed by atoms with van der Waals surface area (Å²) in [7, 11) is 0. The lowest BCUT2D eigenvalue weighted by atomic mass is 9.94. The molecule has 0 saturated carbocycles. The summed E-state index contributed by atoms with van der Waals surface area (Å²) in [6.45, 7) is 1.63. The Labute approximate surface area is 69.5 Å². The zero-order chi connectivity index (χ0) is 9.30.